The van der Waals surface area contributed by atoms with Crippen LogP contribution in [0.3, 0.4) is 0 Å². The molecule has 7 heteroatoms. The van der Waals surface area contributed by atoms with Gasteiger partial charge in [0.2, 0.25) is 5.03 Å². The summed E-state index contributed by atoms with van der Waals surface area (Å²) in [4.78, 5) is 3.35. The Morgan fingerprint density at radius 1 is 1.50 bits per heavy atom. The maximum Gasteiger partial charge on any atom is 0.282 e. The van der Waals surface area contributed by atoms with Gasteiger partial charge in [0.1, 0.15) is 0 Å². The number of hydrogen-bond donors (Lipinski definition) is 1. The molecule has 0 aliphatic heterocycles. The maximum atomic E-state index is 10.7. The van der Waals surface area contributed by atoms with Gasteiger partial charge in [0.05, 0.1) is 5.02 Å². The van der Waals surface area contributed by atoms with Gasteiger partial charge in [-0.3, -0.25) is 0 Å². The van der Waals surface area contributed by atoms with E-state index in [0.29, 0.717) is 0 Å². The van der Waals surface area contributed by atoms with Gasteiger partial charge >= 0.3 is 0 Å². The van der Waals surface area contributed by atoms with Crippen molar-refractivity contribution in [2.75, 3.05) is 0 Å². The molecule has 0 aliphatic carbocycles. The molecular formula is C5H3Cl2NO3S. The largest absolute Gasteiger partial charge is 0.505 e. The van der Waals surface area contributed by atoms with Crippen molar-refractivity contribution in [1.82, 2.24) is 4.98 Å². The molecule has 0 aromatic carbocycles. The van der Waals surface area contributed by atoms with E-state index in [0.717, 1.165) is 12.3 Å². The van der Waals surface area contributed by atoms with E-state index in [1.165, 1.54) is 0 Å². The van der Waals surface area contributed by atoms with Crippen molar-refractivity contribution >= 4 is 31.3 Å². The molecule has 1 N–H and O–H groups in total. The quantitative estimate of drug-likeness (QED) is 0.737. The molecule has 12 heavy (non-hydrogen) atoms. The van der Waals surface area contributed by atoms with Gasteiger partial charge in [-0.25, -0.2) is 13.4 Å². The van der Waals surface area contributed by atoms with E-state index in [-0.39, 0.29) is 5.02 Å². The first-order chi connectivity index (χ1) is 5.41. The van der Waals surface area contributed by atoms with E-state index < -0.39 is 19.8 Å². The molecule has 0 fully saturated rings. The van der Waals surface area contributed by atoms with E-state index in [9.17, 15) is 8.42 Å². The maximum absolute atomic E-state index is 10.7. The fourth-order valence-corrected chi connectivity index (χ4v) is 1.60. The predicted octanol–water partition coefficient (Wildman–Crippen LogP) is 1.37. The van der Waals surface area contributed by atoms with Gasteiger partial charge in [-0.1, -0.05) is 11.6 Å². The Balaban J connectivity index is 3.39. The van der Waals surface area contributed by atoms with Crippen molar-refractivity contribution in [3.63, 3.8) is 0 Å². The standard InChI is InChI=1S/C5H3Cl2NO3S/c6-3-1-4(9)5(8-2-3)12(7,10)11/h1-2,9H. The van der Waals surface area contributed by atoms with Crippen LogP contribution < -0.4 is 0 Å². The second-order valence-electron chi connectivity index (χ2n) is 1.92. The van der Waals surface area contributed by atoms with Gasteiger partial charge in [-0.2, -0.15) is 0 Å². The molecular weight excluding hydrogens is 225 g/mol. The van der Waals surface area contributed by atoms with Crippen LogP contribution in [0.25, 0.3) is 0 Å². The molecule has 1 heterocycles. The van der Waals surface area contributed by atoms with Crippen LogP contribution in [0.4, 0.5) is 0 Å². The summed E-state index contributed by atoms with van der Waals surface area (Å²) in [5.74, 6) is -0.558. The number of hydrogen-bond acceptors (Lipinski definition) is 4. The number of aromatic nitrogens is 1. The molecule has 0 radical (unpaired) electrons. The lowest BCUT2D eigenvalue weighted by Gasteiger charge is -1.98. The molecule has 1 rings (SSSR count). The summed E-state index contributed by atoms with van der Waals surface area (Å²) in [6, 6.07) is 1.05. The van der Waals surface area contributed by atoms with E-state index in [1.807, 2.05) is 0 Å². The zero-order valence-electron chi connectivity index (χ0n) is 5.53. The van der Waals surface area contributed by atoms with Gasteiger partial charge in [0.25, 0.3) is 9.05 Å². The van der Waals surface area contributed by atoms with E-state index in [2.05, 4.69) is 4.98 Å². The Kier molecular flexibility index (Phi) is 2.46. The van der Waals surface area contributed by atoms with E-state index in [1.54, 1.807) is 0 Å². The highest BCUT2D eigenvalue weighted by Gasteiger charge is 2.17. The second-order valence-corrected chi connectivity index (χ2v) is 4.83. The third kappa shape index (κ3) is 2.00. The highest BCUT2D eigenvalue weighted by Crippen LogP contribution is 2.25. The summed E-state index contributed by atoms with van der Waals surface area (Å²) < 4.78 is 21.3. The Morgan fingerprint density at radius 2 is 2.08 bits per heavy atom. The smallest absolute Gasteiger partial charge is 0.282 e. The Labute approximate surface area is 78.2 Å². The average Bonchev–Trinajstić information content (AvgIpc) is 1.83. The van der Waals surface area contributed by atoms with Crippen molar-refractivity contribution in [3.8, 4) is 5.75 Å². The van der Waals surface area contributed by atoms with E-state index in [4.69, 9.17) is 27.4 Å². The van der Waals surface area contributed by atoms with Crippen molar-refractivity contribution in [2.45, 2.75) is 5.03 Å². The number of rotatable bonds is 1. The first-order valence-corrected chi connectivity index (χ1v) is 5.39. The molecule has 66 valence electrons. The van der Waals surface area contributed by atoms with Crippen LogP contribution in [-0.2, 0) is 9.05 Å². The molecule has 0 saturated heterocycles. The van der Waals surface area contributed by atoms with Crippen LogP contribution in [0.2, 0.25) is 5.02 Å². The summed E-state index contributed by atoms with van der Waals surface area (Å²) in [6.07, 6.45) is 1.08. The van der Waals surface area contributed by atoms with Crippen molar-refractivity contribution in [2.24, 2.45) is 0 Å². The van der Waals surface area contributed by atoms with Crippen LogP contribution in [0.15, 0.2) is 17.3 Å². The van der Waals surface area contributed by atoms with Gasteiger partial charge in [-0.15, -0.1) is 0 Å². The van der Waals surface area contributed by atoms with Crippen LogP contribution >= 0.6 is 22.3 Å². The molecule has 1 aromatic heterocycles. The highest BCUT2D eigenvalue weighted by molar-refractivity contribution is 8.13. The Bertz CT molecular complexity index is 403. The number of pyridine rings is 1. The molecule has 1 aromatic rings. The summed E-state index contributed by atoms with van der Waals surface area (Å²) in [5, 5.41) is 8.56. The number of halogens is 2. The third-order valence-corrected chi connectivity index (χ3v) is 2.45. The van der Waals surface area contributed by atoms with Crippen molar-refractivity contribution < 1.29 is 13.5 Å². The zero-order valence-corrected chi connectivity index (χ0v) is 7.86. The van der Waals surface area contributed by atoms with Crippen LogP contribution in [-0.4, -0.2) is 18.5 Å². The monoisotopic (exact) mass is 227 g/mol. The molecule has 0 unspecified atom stereocenters. The van der Waals surface area contributed by atoms with Gasteiger partial charge in [-0.05, 0) is 0 Å². The first kappa shape index (κ1) is 9.57. The predicted molar refractivity (Wildman–Crippen MR) is 44.0 cm³/mol. The normalized spacial score (nSPS) is 11.5. The lowest BCUT2D eigenvalue weighted by molar-refractivity contribution is 0.453. The first-order valence-electron chi connectivity index (χ1n) is 2.70. The van der Waals surface area contributed by atoms with Crippen molar-refractivity contribution in [3.05, 3.63) is 17.3 Å². The van der Waals surface area contributed by atoms with Crippen LogP contribution in [0, 0.1) is 0 Å². The fourth-order valence-electron chi connectivity index (χ4n) is 0.604. The SMILES string of the molecule is O=S(=O)(Cl)c1ncc(Cl)cc1O. The van der Waals surface area contributed by atoms with Gasteiger partial charge in [0.15, 0.2) is 5.75 Å². The van der Waals surface area contributed by atoms with Gasteiger partial charge < -0.3 is 5.11 Å². The molecule has 0 saturated carbocycles. The van der Waals surface area contributed by atoms with Crippen molar-refractivity contribution in [1.29, 1.82) is 0 Å². The van der Waals surface area contributed by atoms with E-state index >= 15 is 0 Å². The summed E-state index contributed by atoms with van der Waals surface area (Å²) in [5.41, 5.74) is 0. The summed E-state index contributed by atoms with van der Waals surface area (Å²) in [6.45, 7) is 0. The minimum atomic E-state index is -4.00. The number of nitrogens with zero attached hydrogens (tertiary/aromatic N) is 1. The average molecular weight is 228 g/mol. The molecule has 0 aliphatic rings. The Morgan fingerprint density at radius 3 is 2.50 bits per heavy atom. The zero-order chi connectivity index (χ0) is 9.35. The Hall–Kier alpha value is -0.520. The molecule has 0 amide bonds. The lowest BCUT2D eigenvalue weighted by atomic mass is 10.5. The topological polar surface area (TPSA) is 67.3 Å². The fraction of sp³-hybridized carbons (Fsp3) is 0. The second kappa shape index (κ2) is 3.08. The summed E-state index contributed by atoms with van der Waals surface area (Å²) in [7, 11) is 0.925. The van der Waals surface area contributed by atoms with Crippen LogP contribution in [0.1, 0.15) is 0 Å². The summed E-state index contributed by atoms with van der Waals surface area (Å²) >= 11 is 5.41. The lowest BCUT2D eigenvalue weighted by Crippen LogP contribution is -1.94. The molecule has 0 atom stereocenters. The molecule has 0 spiro atoms. The minimum Gasteiger partial charge on any atom is -0.505 e. The van der Waals surface area contributed by atoms with Crippen LogP contribution in [0.5, 0.6) is 5.75 Å². The molecule has 0 bridgehead atoms. The molecule has 4 nitrogen and oxygen atoms in total. The number of aromatic hydroxyl groups is 1. The highest BCUT2D eigenvalue weighted by atomic mass is 35.7. The van der Waals surface area contributed by atoms with Gasteiger partial charge in [0, 0.05) is 22.9 Å². The third-order valence-electron chi connectivity index (χ3n) is 1.03. The minimum absolute atomic E-state index is 0.136.